The van der Waals surface area contributed by atoms with E-state index in [9.17, 15) is 10.1 Å². The third-order valence-corrected chi connectivity index (χ3v) is 4.60. The first-order chi connectivity index (χ1) is 10.1. The van der Waals surface area contributed by atoms with Crippen molar-refractivity contribution < 1.29 is 4.92 Å². The molecule has 0 aliphatic heterocycles. The molecular weight excluding hydrogens is 288 g/mol. The van der Waals surface area contributed by atoms with Gasteiger partial charge in [0.05, 0.1) is 4.92 Å². The summed E-state index contributed by atoms with van der Waals surface area (Å²) in [7, 11) is 0. The molecule has 5 heteroatoms. The molecule has 21 heavy (non-hydrogen) atoms. The molecule has 0 saturated heterocycles. The van der Waals surface area contributed by atoms with Gasteiger partial charge in [-0.3, -0.25) is 10.1 Å². The highest BCUT2D eigenvalue weighted by atomic mass is 35.5. The van der Waals surface area contributed by atoms with Crippen molar-refractivity contribution in [2.45, 2.75) is 58.0 Å². The van der Waals surface area contributed by atoms with Crippen molar-refractivity contribution in [2.24, 2.45) is 5.92 Å². The molecule has 116 valence electrons. The van der Waals surface area contributed by atoms with Crippen LogP contribution >= 0.6 is 11.6 Å². The van der Waals surface area contributed by atoms with Crippen molar-refractivity contribution in [3.05, 3.63) is 38.9 Å². The van der Waals surface area contributed by atoms with E-state index in [1.165, 1.54) is 44.6 Å². The smallest absolute Gasteiger partial charge is 0.275 e. The van der Waals surface area contributed by atoms with Gasteiger partial charge in [0.2, 0.25) is 0 Å². The van der Waals surface area contributed by atoms with Crippen molar-refractivity contribution >= 4 is 17.3 Å². The van der Waals surface area contributed by atoms with Crippen LogP contribution in [-0.2, 0) is 6.54 Å². The number of benzene rings is 1. The quantitative estimate of drug-likeness (QED) is 0.612. The first kappa shape index (κ1) is 16.2. The molecular formula is C16H23ClN2O2. The topological polar surface area (TPSA) is 55.2 Å². The van der Waals surface area contributed by atoms with Crippen LogP contribution < -0.4 is 5.32 Å². The van der Waals surface area contributed by atoms with E-state index in [1.807, 2.05) is 0 Å². The Morgan fingerprint density at radius 3 is 2.67 bits per heavy atom. The molecule has 1 aromatic rings. The fraction of sp³-hybridized carbons (Fsp3) is 0.625. The van der Waals surface area contributed by atoms with Crippen molar-refractivity contribution in [1.82, 2.24) is 5.32 Å². The number of nitrogens with zero attached hydrogens (tertiary/aromatic N) is 1. The van der Waals surface area contributed by atoms with Crippen LogP contribution in [0.2, 0.25) is 5.02 Å². The van der Waals surface area contributed by atoms with E-state index in [1.54, 1.807) is 12.1 Å². The summed E-state index contributed by atoms with van der Waals surface area (Å²) in [6, 6.07) is 5.37. The van der Waals surface area contributed by atoms with Gasteiger partial charge in [-0.1, -0.05) is 31.4 Å². The minimum Gasteiger partial charge on any atom is -0.310 e. The molecule has 2 rings (SSSR count). The zero-order valence-electron chi connectivity index (χ0n) is 12.5. The van der Waals surface area contributed by atoms with E-state index in [0.717, 1.165) is 5.92 Å². The zero-order valence-corrected chi connectivity index (χ0v) is 13.2. The molecule has 1 N–H and O–H groups in total. The third-order valence-electron chi connectivity index (χ3n) is 4.37. The lowest BCUT2D eigenvalue weighted by molar-refractivity contribution is -0.385. The number of hydrogen-bond donors (Lipinski definition) is 1. The molecule has 0 radical (unpaired) electrons. The van der Waals surface area contributed by atoms with E-state index >= 15 is 0 Å². The summed E-state index contributed by atoms with van der Waals surface area (Å²) in [6.07, 6.45) is 7.48. The maximum Gasteiger partial charge on any atom is 0.275 e. The fourth-order valence-electron chi connectivity index (χ4n) is 3.17. The van der Waals surface area contributed by atoms with Crippen LogP contribution in [0.4, 0.5) is 5.69 Å². The molecule has 1 aromatic carbocycles. The summed E-state index contributed by atoms with van der Waals surface area (Å²) in [5, 5.41) is 14.9. The summed E-state index contributed by atoms with van der Waals surface area (Å²) in [6.45, 7) is 2.78. The van der Waals surface area contributed by atoms with Gasteiger partial charge in [-0.15, -0.1) is 0 Å². The van der Waals surface area contributed by atoms with Crippen molar-refractivity contribution in [2.75, 3.05) is 0 Å². The Balaban J connectivity index is 1.88. The third kappa shape index (κ3) is 4.68. The fourth-order valence-corrected chi connectivity index (χ4v) is 3.34. The number of nitro groups is 1. The highest BCUT2D eigenvalue weighted by Crippen LogP contribution is 2.28. The minimum atomic E-state index is -0.360. The van der Waals surface area contributed by atoms with Gasteiger partial charge in [-0.25, -0.2) is 0 Å². The van der Waals surface area contributed by atoms with Gasteiger partial charge < -0.3 is 5.32 Å². The molecule has 0 atom stereocenters. The molecule has 0 spiro atoms. The second-order valence-corrected chi connectivity index (χ2v) is 6.35. The minimum absolute atomic E-state index is 0.106. The van der Waals surface area contributed by atoms with Crippen molar-refractivity contribution in [3.8, 4) is 0 Å². The van der Waals surface area contributed by atoms with Crippen molar-refractivity contribution in [3.63, 3.8) is 0 Å². The summed E-state index contributed by atoms with van der Waals surface area (Å²) < 4.78 is 0. The van der Waals surface area contributed by atoms with E-state index < -0.39 is 0 Å². The number of hydrogen-bond acceptors (Lipinski definition) is 3. The van der Waals surface area contributed by atoms with Gasteiger partial charge in [-0.05, 0) is 43.7 Å². The maximum atomic E-state index is 11.1. The Labute approximate surface area is 131 Å². The Kier molecular flexibility index (Phi) is 6.00. The van der Waals surface area contributed by atoms with E-state index in [2.05, 4.69) is 12.2 Å². The monoisotopic (exact) mass is 310 g/mol. The number of nitro benzene ring substituents is 1. The average molecular weight is 311 g/mol. The maximum absolute atomic E-state index is 11.1. The van der Waals surface area contributed by atoms with Gasteiger partial charge in [0, 0.05) is 29.2 Å². The van der Waals surface area contributed by atoms with Gasteiger partial charge in [-0.2, -0.15) is 0 Å². The first-order valence-corrected chi connectivity index (χ1v) is 8.14. The highest BCUT2D eigenvalue weighted by Gasteiger charge is 2.21. The second-order valence-electron chi connectivity index (χ2n) is 5.92. The summed E-state index contributed by atoms with van der Waals surface area (Å²) in [5.41, 5.74) is 0.815. The first-order valence-electron chi connectivity index (χ1n) is 7.76. The zero-order chi connectivity index (χ0) is 15.2. The molecule has 0 heterocycles. The SMILES string of the molecule is CCCC1CCC(NCc2ccc(Cl)cc2[N+](=O)[O-])CC1. The molecule has 1 fully saturated rings. The van der Waals surface area contributed by atoms with Crippen LogP contribution in [0.5, 0.6) is 0 Å². The Morgan fingerprint density at radius 1 is 1.33 bits per heavy atom. The molecule has 0 unspecified atom stereocenters. The number of halogens is 1. The standard InChI is InChI=1S/C16H23ClN2O2/c1-2-3-12-4-8-15(9-5-12)18-11-13-6-7-14(17)10-16(13)19(20)21/h6-7,10,12,15,18H,2-5,8-9,11H2,1H3. The predicted octanol–water partition coefficient (Wildman–Crippen LogP) is 4.70. The molecule has 0 aromatic heterocycles. The summed E-state index contributed by atoms with van der Waals surface area (Å²) >= 11 is 5.83. The number of nitrogens with one attached hydrogen (secondary N) is 1. The van der Waals surface area contributed by atoms with Crippen LogP contribution in [0.1, 0.15) is 51.0 Å². The lowest BCUT2D eigenvalue weighted by Crippen LogP contribution is -2.32. The number of rotatable bonds is 6. The van der Waals surface area contributed by atoms with Gasteiger partial charge in [0.25, 0.3) is 5.69 Å². The molecule has 1 saturated carbocycles. The van der Waals surface area contributed by atoms with Crippen LogP contribution in [-0.4, -0.2) is 11.0 Å². The summed E-state index contributed by atoms with van der Waals surface area (Å²) in [5.74, 6) is 0.873. The highest BCUT2D eigenvalue weighted by molar-refractivity contribution is 6.30. The van der Waals surface area contributed by atoms with Crippen LogP contribution in [0.25, 0.3) is 0 Å². The Hall–Kier alpha value is -1.13. The van der Waals surface area contributed by atoms with Gasteiger partial charge >= 0.3 is 0 Å². The second kappa shape index (κ2) is 7.76. The van der Waals surface area contributed by atoms with E-state index in [0.29, 0.717) is 23.2 Å². The molecule has 0 amide bonds. The van der Waals surface area contributed by atoms with Crippen LogP contribution in [0, 0.1) is 16.0 Å². The normalized spacial score (nSPS) is 22.2. The van der Waals surface area contributed by atoms with Crippen LogP contribution in [0.15, 0.2) is 18.2 Å². The average Bonchev–Trinajstić information content (AvgIpc) is 2.47. The van der Waals surface area contributed by atoms with Gasteiger partial charge in [0.15, 0.2) is 0 Å². The van der Waals surface area contributed by atoms with Gasteiger partial charge in [0.1, 0.15) is 0 Å². The van der Waals surface area contributed by atoms with Crippen molar-refractivity contribution in [1.29, 1.82) is 0 Å². The Bertz CT molecular complexity index is 485. The molecule has 1 aliphatic rings. The van der Waals surface area contributed by atoms with E-state index in [4.69, 9.17) is 11.6 Å². The van der Waals surface area contributed by atoms with Crippen LogP contribution in [0.3, 0.4) is 0 Å². The largest absolute Gasteiger partial charge is 0.310 e. The molecule has 1 aliphatic carbocycles. The molecule has 0 bridgehead atoms. The lowest BCUT2D eigenvalue weighted by atomic mass is 9.83. The molecule has 4 nitrogen and oxygen atoms in total. The Morgan fingerprint density at radius 2 is 2.05 bits per heavy atom. The predicted molar refractivity (Wildman–Crippen MR) is 85.6 cm³/mol. The summed E-state index contributed by atoms with van der Waals surface area (Å²) in [4.78, 5) is 10.7. The lowest BCUT2D eigenvalue weighted by Gasteiger charge is -2.29. The van der Waals surface area contributed by atoms with E-state index in [-0.39, 0.29) is 10.6 Å².